The fourth-order valence-electron chi connectivity index (χ4n) is 2.96. The van der Waals surface area contributed by atoms with Gasteiger partial charge in [-0.15, -0.1) is 0 Å². The summed E-state index contributed by atoms with van der Waals surface area (Å²) in [6.07, 6.45) is -3.78. The summed E-state index contributed by atoms with van der Waals surface area (Å²) in [6.45, 7) is 0.0931. The van der Waals surface area contributed by atoms with Crippen molar-refractivity contribution in [2.24, 2.45) is 0 Å². The van der Waals surface area contributed by atoms with Crippen LogP contribution in [0, 0.1) is 0 Å². The Kier molecular flexibility index (Phi) is 6.78. The Morgan fingerprint density at radius 1 is 1.24 bits per heavy atom. The van der Waals surface area contributed by atoms with Crippen LogP contribution in [0.3, 0.4) is 0 Å². The molecule has 0 bridgehead atoms. The van der Waals surface area contributed by atoms with E-state index in [1.54, 1.807) is 0 Å². The van der Waals surface area contributed by atoms with Gasteiger partial charge in [-0.25, -0.2) is 18.7 Å². The number of aromatic nitrogens is 4. The minimum atomic E-state index is -5.75. The molecule has 22 heteroatoms. The molecule has 0 aliphatic carbocycles. The number of hydrogen-bond acceptors (Lipinski definition) is 13. The van der Waals surface area contributed by atoms with Crippen molar-refractivity contribution in [1.29, 1.82) is 0 Å². The standard InChI is InChI=1S/C11H18N5O14P3/c1-11(19)6(17)4(2-27-32(23,24)30-33(25,26)29-31(20,21)22)28-9(11)16-3-13-5-7(16)14-10(12)15-8(5)18/h3-4,6,9,17,19H,2H2,1H3,(H,23,24)(H,25,26)(H2,20,21,22)(H3,12,14,15,18)/t4-,6-,9-,11-/m1/s1. The lowest BCUT2D eigenvalue weighted by Crippen LogP contribution is -2.44. The summed E-state index contributed by atoms with van der Waals surface area (Å²) in [5, 5.41) is 21.1. The second-order valence-corrected chi connectivity index (χ2v) is 11.3. The number of H-pyrrole nitrogens is 1. The summed E-state index contributed by atoms with van der Waals surface area (Å²) in [5.74, 6) is -0.281. The lowest BCUT2D eigenvalue weighted by molar-refractivity contribution is -0.0949. The molecule has 0 saturated carbocycles. The summed E-state index contributed by atoms with van der Waals surface area (Å²) in [4.78, 5) is 57.6. The van der Waals surface area contributed by atoms with Gasteiger partial charge >= 0.3 is 23.5 Å². The first-order chi connectivity index (χ1) is 14.9. The number of fused-ring (bicyclic) bond motifs is 1. The van der Waals surface area contributed by atoms with Crippen LogP contribution in [-0.4, -0.2) is 73.7 Å². The predicted octanol–water partition coefficient (Wildman–Crippen LogP) is -1.95. The summed E-state index contributed by atoms with van der Waals surface area (Å²) in [7, 11) is -16.8. The molecule has 1 saturated heterocycles. The van der Waals surface area contributed by atoms with Crippen LogP contribution >= 0.6 is 23.5 Å². The Bertz CT molecular complexity index is 1250. The number of anilines is 1. The number of aliphatic hydroxyl groups excluding tert-OH is 1. The first-order valence-corrected chi connectivity index (χ1v) is 13.0. The van der Waals surface area contributed by atoms with E-state index in [4.69, 9.17) is 25.2 Å². The molecule has 1 aliphatic rings. The molecule has 0 aromatic carbocycles. The first kappa shape index (κ1) is 26.1. The fraction of sp³-hybridized carbons (Fsp3) is 0.545. The van der Waals surface area contributed by atoms with Gasteiger partial charge in [0.25, 0.3) is 5.56 Å². The maximum absolute atomic E-state index is 11.9. The quantitative estimate of drug-likeness (QED) is 0.170. The predicted molar refractivity (Wildman–Crippen MR) is 103 cm³/mol. The molecule has 6 atom stereocenters. The van der Waals surface area contributed by atoms with Crippen LogP contribution in [0.1, 0.15) is 13.2 Å². The monoisotopic (exact) mass is 537 g/mol. The Morgan fingerprint density at radius 3 is 2.48 bits per heavy atom. The third-order valence-electron chi connectivity index (χ3n) is 4.28. The van der Waals surface area contributed by atoms with E-state index >= 15 is 0 Å². The molecule has 2 aromatic heterocycles. The number of nitrogens with two attached hydrogens (primary N) is 1. The molecule has 0 radical (unpaired) electrons. The van der Waals surface area contributed by atoms with Crippen LogP contribution in [-0.2, 0) is 31.6 Å². The number of hydrogen-bond donors (Lipinski definition) is 8. The van der Waals surface area contributed by atoms with Crippen LogP contribution in [0.25, 0.3) is 11.2 Å². The highest BCUT2D eigenvalue weighted by molar-refractivity contribution is 7.66. The molecule has 1 aliphatic heterocycles. The molecular formula is C11H18N5O14P3. The highest BCUT2D eigenvalue weighted by Crippen LogP contribution is 2.66. The van der Waals surface area contributed by atoms with Gasteiger partial charge in [-0.3, -0.25) is 18.9 Å². The minimum absolute atomic E-state index is 0.123. The third kappa shape index (κ3) is 5.75. The molecular weight excluding hydrogens is 519 g/mol. The smallest absolute Gasteiger partial charge is 0.387 e. The van der Waals surface area contributed by atoms with Crippen LogP contribution < -0.4 is 11.3 Å². The number of rotatable bonds is 8. The molecule has 0 spiro atoms. The average molecular weight is 537 g/mol. The van der Waals surface area contributed by atoms with E-state index in [0.29, 0.717) is 0 Å². The zero-order chi connectivity index (χ0) is 25.0. The summed E-state index contributed by atoms with van der Waals surface area (Å²) in [6, 6.07) is 0. The number of aliphatic hydroxyl groups is 2. The van der Waals surface area contributed by atoms with E-state index < -0.39 is 59.7 Å². The number of aromatic amines is 1. The summed E-state index contributed by atoms with van der Waals surface area (Å²) >= 11 is 0. The minimum Gasteiger partial charge on any atom is -0.387 e. The van der Waals surface area contributed by atoms with Gasteiger partial charge in [0.1, 0.15) is 17.8 Å². The van der Waals surface area contributed by atoms with Gasteiger partial charge < -0.3 is 40.3 Å². The van der Waals surface area contributed by atoms with Crippen molar-refractivity contribution in [2.75, 3.05) is 12.3 Å². The summed E-state index contributed by atoms with van der Waals surface area (Å²) < 4.78 is 52.0. The van der Waals surface area contributed by atoms with Gasteiger partial charge in [-0.1, -0.05) is 0 Å². The van der Waals surface area contributed by atoms with Crippen LogP contribution in [0.15, 0.2) is 11.1 Å². The number of nitrogen functional groups attached to an aromatic ring is 1. The molecule has 3 heterocycles. The van der Waals surface area contributed by atoms with E-state index in [0.717, 1.165) is 17.8 Å². The molecule has 0 amide bonds. The number of imidazole rings is 1. The first-order valence-electron chi connectivity index (χ1n) is 8.48. The number of phosphoric ester groups is 1. The van der Waals surface area contributed by atoms with Crippen LogP contribution in [0.2, 0.25) is 0 Å². The number of nitrogens with zero attached hydrogens (tertiary/aromatic N) is 3. The van der Waals surface area contributed by atoms with E-state index in [1.165, 1.54) is 0 Å². The van der Waals surface area contributed by atoms with Crippen molar-refractivity contribution in [1.82, 2.24) is 19.5 Å². The van der Waals surface area contributed by atoms with E-state index in [2.05, 4.69) is 28.1 Å². The maximum atomic E-state index is 11.9. The highest BCUT2D eigenvalue weighted by Gasteiger charge is 2.54. The topological polar surface area (TPSA) is 299 Å². The molecule has 19 nitrogen and oxygen atoms in total. The molecule has 186 valence electrons. The number of phosphoric acid groups is 3. The largest absolute Gasteiger partial charge is 0.490 e. The molecule has 2 unspecified atom stereocenters. The lowest BCUT2D eigenvalue weighted by atomic mass is 9.96. The average Bonchev–Trinajstić information content (AvgIpc) is 3.10. The second kappa shape index (κ2) is 8.58. The lowest BCUT2D eigenvalue weighted by Gasteiger charge is -2.27. The zero-order valence-electron chi connectivity index (χ0n) is 16.2. The molecule has 1 fully saturated rings. The van der Waals surface area contributed by atoms with Crippen LogP contribution in [0.4, 0.5) is 5.95 Å². The van der Waals surface area contributed by atoms with E-state index in [-0.39, 0.29) is 17.1 Å². The van der Waals surface area contributed by atoms with Crippen molar-refractivity contribution in [3.63, 3.8) is 0 Å². The fourth-order valence-corrected chi connectivity index (χ4v) is 5.99. The molecule has 9 N–H and O–H groups in total. The second-order valence-electron chi connectivity index (χ2n) is 6.86. The van der Waals surface area contributed by atoms with Crippen molar-refractivity contribution in [3.8, 4) is 0 Å². The van der Waals surface area contributed by atoms with Gasteiger partial charge in [0.05, 0.1) is 12.9 Å². The highest BCUT2D eigenvalue weighted by atomic mass is 31.3. The van der Waals surface area contributed by atoms with Crippen molar-refractivity contribution in [3.05, 3.63) is 16.7 Å². The molecule has 33 heavy (non-hydrogen) atoms. The Labute approximate surface area is 182 Å². The normalized spacial score (nSPS) is 29.7. The molecule has 3 rings (SSSR count). The third-order valence-corrected chi connectivity index (χ3v) is 8.08. The zero-order valence-corrected chi connectivity index (χ0v) is 18.9. The maximum Gasteiger partial charge on any atom is 0.490 e. The van der Waals surface area contributed by atoms with Gasteiger partial charge in [-0.2, -0.15) is 13.6 Å². The van der Waals surface area contributed by atoms with Crippen molar-refractivity contribution < 1.29 is 61.4 Å². The SMILES string of the molecule is C[C@@]1(O)[C@H](O)[C@@H](COP(=O)(O)OP(=O)(O)OP(=O)(O)O)O[C@H]1n1cnc2c(=O)[nH]c(N)nc21. The van der Waals surface area contributed by atoms with Gasteiger partial charge in [0, 0.05) is 0 Å². The Hall–Kier alpha value is -1.56. The Morgan fingerprint density at radius 2 is 1.88 bits per heavy atom. The number of nitrogens with one attached hydrogen (secondary N) is 1. The van der Waals surface area contributed by atoms with E-state index in [9.17, 15) is 33.6 Å². The van der Waals surface area contributed by atoms with Gasteiger partial charge in [0.2, 0.25) is 5.95 Å². The van der Waals surface area contributed by atoms with Crippen molar-refractivity contribution in [2.45, 2.75) is 31.0 Å². The number of ether oxygens (including phenoxy) is 1. The molecule has 2 aromatic rings. The van der Waals surface area contributed by atoms with Crippen LogP contribution in [0.5, 0.6) is 0 Å². The Balaban J connectivity index is 1.78. The van der Waals surface area contributed by atoms with Gasteiger partial charge in [-0.05, 0) is 6.92 Å². The van der Waals surface area contributed by atoms with Gasteiger partial charge in [0.15, 0.2) is 17.4 Å². The van der Waals surface area contributed by atoms with Crippen molar-refractivity contribution >= 4 is 40.6 Å². The van der Waals surface area contributed by atoms with E-state index in [1.807, 2.05) is 0 Å². The summed E-state index contributed by atoms with van der Waals surface area (Å²) in [5.41, 5.74) is 2.40.